The number of amides is 1. The number of benzene rings is 1. The molecule has 1 amide bonds. The van der Waals surface area contributed by atoms with Crippen LogP contribution in [-0.2, 0) is 4.79 Å². The van der Waals surface area contributed by atoms with Crippen molar-refractivity contribution in [3.05, 3.63) is 23.2 Å². The third kappa shape index (κ3) is 4.33. The van der Waals surface area contributed by atoms with Crippen molar-refractivity contribution < 1.29 is 4.79 Å². The summed E-state index contributed by atoms with van der Waals surface area (Å²) in [5, 5.41) is 3.40. The fraction of sp³-hybridized carbons (Fsp3) is 0.533. The maximum Gasteiger partial charge on any atom is 0.238 e. The molecule has 21 heavy (non-hydrogen) atoms. The first-order valence-electron chi connectivity index (χ1n) is 7.27. The maximum absolute atomic E-state index is 12.2. The van der Waals surface area contributed by atoms with Gasteiger partial charge in [-0.25, -0.2) is 0 Å². The third-order valence-electron chi connectivity index (χ3n) is 3.99. The highest BCUT2D eigenvalue weighted by Crippen LogP contribution is 2.22. The number of nitrogens with two attached hydrogens (primary N) is 1. The van der Waals surface area contributed by atoms with Crippen LogP contribution in [0.15, 0.2) is 18.2 Å². The Morgan fingerprint density at radius 1 is 1.48 bits per heavy atom. The van der Waals surface area contributed by atoms with E-state index in [1.807, 2.05) is 0 Å². The number of piperazine rings is 1. The maximum atomic E-state index is 12.2. The molecule has 5 nitrogen and oxygen atoms in total. The van der Waals surface area contributed by atoms with Gasteiger partial charge in [0.05, 0.1) is 17.9 Å². The van der Waals surface area contributed by atoms with E-state index in [1.54, 1.807) is 18.2 Å². The normalized spacial score (nSPS) is 20.4. The number of nitrogen functional groups attached to an aromatic ring is 1. The molecule has 0 bridgehead atoms. The molecular weight excluding hydrogens is 288 g/mol. The second-order valence-electron chi connectivity index (χ2n) is 5.56. The molecule has 3 N–H and O–H groups in total. The fourth-order valence-electron chi connectivity index (χ4n) is 2.62. The van der Waals surface area contributed by atoms with Crippen LogP contribution in [-0.4, -0.2) is 55.0 Å². The van der Waals surface area contributed by atoms with Crippen LogP contribution < -0.4 is 11.1 Å². The zero-order valence-corrected chi connectivity index (χ0v) is 13.4. The number of hydrogen-bond acceptors (Lipinski definition) is 4. The summed E-state index contributed by atoms with van der Waals surface area (Å²) < 4.78 is 0. The predicted molar refractivity (Wildman–Crippen MR) is 87.6 cm³/mol. The van der Waals surface area contributed by atoms with Gasteiger partial charge in [0.25, 0.3) is 0 Å². The second kappa shape index (κ2) is 7.11. The number of halogens is 1. The summed E-state index contributed by atoms with van der Waals surface area (Å²) in [6.45, 7) is 5.38. The van der Waals surface area contributed by atoms with Gasteiger partial charge in [-0.15, -0.1) is 0 Å². The van der Waals surface area contributed by atoms with Crippen LogP contribution in [0.4, 0.5) is 11.4 Å². The van der Waals surface area contributed by atoms with Crippen LogP contribution in [0.3, 0.4) is 0 Å². The Hall–Kier alpha value is -1.30. The summed E-state index contributed by atoms with van der Waals surface area (Å²) in [5.74, 6) is -0.0524. The Balaban J connectivity index is 1.91. The summed E-state index contributed by atoms with van der Waals surface area (Å²) in [5.41, 5.74) is 6.94. The molecule has 1 heterocycles. The van der Waals surface area contributed by atoms with Crippen molar-refractivity contribution in [2.75, 3.05) is 44.3 Å². The van der Waals surface area contributed by atoms with E-state index in [0.29, 0.717) is 29.0 Å². The smallest absolute Gasteiger partial charge is 0.238 e. The number of anilines is 2. The van der Waals surface area contributed by atoms with Gasteiger partial charge in [-0.2, -0.15) is 0 Å². The van der Waals surface area contributed by atoms with Crippen LogP contribution in [0.5, 0.6) is 0 Å². The molecular formula is C15H23ClN4O. The van der Waals surface area contributed by atoms with Crippen molar-refractivity contribution in [2.24, 2.45) is 0 Å². The van der Waals surface area contributed by atoms with Crippen molar-refractivity contribution in [1.82, 2.24) is 9.80 Å². The molecule has 0 saturated carbocycles. The van der Waals surface area contributed by atoms with Gasteiger partial charge in [0, 0.05) is 30.7 Å². The lowest BCUT2D eigenvalue weighted by atomic mass is 10.1. The number of nitrogens with one attached hydrogen (secondary N) is 1. The zero-order chi connectivity index (χ0) is 15.4. The number of hydrogen-bond donors (Lipinski definition) is 2. The molecule has 1 fully saturated rings. The molecule has 1 saturated heterocycles. The lowest BCUT2D eigenvalue weighted by molar-refractivity contribution is -0.118. The van der Waals surface area contributed by atoms with Gasteiger partial charge in [-0.1, -0.05) is 18.5 Å². The summed E-state index contributed by atoms with van der Waals surface area (Å²) >= 11 is 5.92. The molecule has 6 heteroatoms. The number of likely N-dealkylation sites (N-methyl/N-ethyl adjacent to an activating group) is 1. The summed E-state index contributed by atoms with van der Waals surface area (Å²) in [6, 6.07) is 5.59. The average Bonchev–Trinajstić information content (AvgIpc) is 2.45. The Morgan fingerprint density at radius 3 is 2.95 bits per heavy atom. The number of carbonyl (C=O) groups excluding carboxylic acids is 1. The van der Waals surface area contributed by atoms with Crippen molar-refractivity contribution in [3.8, 4) is 0 Å². The van der Waals surface area contributed by atoms with Gasteiger partial charge in [-0.05, 0) is 31.7 Å². The van der Waals surface area contributed by atoms with Crippen LogP contribution in [0.2, 0.25) is 5.02 Å². The van der Waals surface area contributed by atoms with Gasteiger partial charge in [0.1, 0.15) is 0 Å². The molecule has 1 aromatic rings. The molecule has 1 aliphatic heterocycles. The lowest BCUT2D eigenvalue weighted by Gasteiger charge is -2.38. The van der Waals surface area contributed by atoms with E-state index in [0.717, 1.165) is 26.1 Å². The minimum absolute atomic E-state index is 0.0524. The van der Waals surface area contributed by atoms with E-state index >= 15 is 0 Å². The number of rotatable bonds is 4. The molecule has 116 valence electrons. The van der Waals surface area contributed by atoms with E-state index in [4.69, 9.17) is 17.3 Å². The first kappa shape index (κ1) is 16.1. The summed E-state index contributed by atoms with van der Waals surface area (Å²) in [6.07, 6.45) is 1.09. The molecule has 0 radical (unpaired) electrons. The zero-order valence-electron chi connectivity index (χ0n) is 12.6. The monoisotopic (exact) mass is 310 g/mol. The molecule has 0 aromatic heterocycles. The number of nitrogens with zero attached hydrogens (tertiary/aromatic N) is 2. The molecule has 1 aromatic carbocycles. The lowest BCUT2D eigenvalue weighted by Crippen LogP contribution is -2.52. The van der Waals surface area contributed by atoms with Crippen molar-refractivity contribution >= 4 is 28.9 Å². The van der Waals surface area contributed by atoms with Gasteiger partial charge in [0.2, 0.25) is 5.91 Å². The average molecular weight is 311 g/mol. The molecule has 1 unspecified atom stereocenters. The Labute approximate surface area is 131 Å². The van der Waals surface area contributed by atoms with E-state index < -0.39 is 0 Å². The van der Waals surface area contributed by atoms with Crippen molar-refractivity contribution in [2.45, 2.75) is 19.4 Å². The van der Waals surface area contributed by atoms with Gasteiger partial charge < -0.3 is 16.0 Å². The number of carbonyl (C=O) groups is 1. The predicted octanol–water partition coefficient (Wildman–Crippen LogP) is 1.89. The first-order chi connectivity index (χ1) is 9.99. The second-order valence-corrected chi connectivity index (χ2v) is 5.99. The van der Waals surface area contributed by atoms with E-state index in [-0.39, 0.29) is 5.91 Å². The first-order valence-corrected chi connectivity index (χ1v) is 7.65. The largest absolute Gasteiger partial charge is 0.397 e. The molecule has 0 spiro atoms. The van der Waals surface area contributed by atoms with E-state index in [9.17, 15) is 4.79 Å². The molecule has 0 aliphatic carbocycles. The standard InChI is InChI=1S/C15H23ClN4O/c1-3-12-9-20(7-6-19(12)2)10-15(21)18-14-8-11(16)4-5-13(14)17/h4-5,8,12H,3,6-7,9-10,17H2,1-2H3,(H,18,21). The summed E-state index contributed by atoms with van der Waals surface area (Å²) in [4.78, 5) is 16.7. The fourth-order valence-corrected chi connectivity index (χ4v) is 2.80. The molecule has 1 aliphatic rings. The van der Waals surface area contributed by atoms with E-state index in [2.05, 4.69) is 29.1 Å². The van der Waals surface area contributed by atoms with Crippen LogP contribution in [0.1, 0.15) is 13.3 Å². The highest BCUT2D eigenvalue weighted by molar-refractivity contribution is 6.31. The summed E-state index contributed by atoms with van der Waals surface area (Å²) in [7, 11) is 2.14. The van der Waals surface area contributed by atoms with Gasteiger partial charge >= 0.3 is 0 Å². The van der Waals surface area contributed by atoms with Crippen molar-refractivity contribution in [3.63, 3.8) is 0 Å². The van der Waals surface area contributed by atoms with Gasteiger partial charge in [-0.3, -0.25) is 9.69 Å². The van der Waals surface area contributed by atoms with Crippen LogP contribution in [0.25, 0.3) is 0 Å². The highest BCUT2D eigenvalue weighted by Gasteiger charge is 2.24. The van der Waals surface area contributed by atoms with Crippen molar-refractivity contribution in [1.29, 1.82) is 0 Å². The SMILES string of the molecule is CCC1CN(CC(=O)Nc2cc(Cl)ccc2N)CCN1C. The third-order valence-corrected chi connectivity index (χ3v) is 4.22. The van der Waals surface area contributed by atoms with E-state index in [1.165, 1.54) is 0 Å². The molecule has 1 atom stereocenters. The Bertz CT molecular complexity index is 508. The quantitative estimate of drug-likeness (QED) is 0.834. The minimum atomic E-state index is -0.0524. The molecule has 2 rings (SSSR count). The Kier molecular flexibility index (Phi) is 5.45. The minimum Gasteiger partial charge on any atom is -0.397 e. The Morgan fingerprint density at radius 2 is 2.24 bits per heavy atom. The highest BCUT2D eigenvalue weighted by atomic mass is 35.5. The topological polar surface area (TPSA) is 61.6 Å². The van der Waals surface area contributed by atoms with Crippen LogP contribution in [0, 0.1) is 0 Å². The van der Waals surface area contributed by atoms with Gasteiger partial charge in [0.15, 0.2) is 0 Å². The van der Waals surface area contributed by atoms with Crippen LogP contribution >= 0.6 is 11.6 Å².